The van der Waals surface area contributed by atoms with Crippen molar-refractivity contribution in [3.05, 3.63) is 34.3 Å². The fraction of sp³-hybridized carbons (Fsp3) is 0.500. The Morgan fingerprint density at radius 3 is 2.71 bits per heavy atom. The van der Waals surface area contributed by atoms with Crippen molar-refractivity contribution >= 4 is 15.9 Å². The van der Waals surface area contributed by atoms with Crippen molar-refractivity contribution < 1.29 is 0 Å². The van der Waals surface area contributed by atoms with Gasteiger partial charge in [-0.25, -0.2) is 0 Å². The Hall–Kier alpha value is -0.340. The Kier molecular flexibility index (Phi) is 3.24. The summed E-state index contributed by atoms with van der Waals surface area (Å²) in [5, 5.41) is 0. The molecule has 0 spiro atoms. The summed E-state index contributed by atoms with van der Waals surface area (Å²) in [5.41, 5.74) is 7.54. The predicted molar refractivity (Wildman–Crippen MR) is 63.3 cm³/mol. The highest BCUT2D eigenvalue weighted by atomic mass is 79.9. The van der Waals surface area contributed by atoms with Crippen molar-refractivity contribution in [2.45, 2.75) is 37.6 Å². The van der Waals surface area contributed by atoms with Crippen molar-refractivity contribution in [1.82, 2.24) is 0 Å². The molecule has 0 bridgehead atoms. The van der Waals surface area contributed by atoms with Crippen LogP contribution in [0.1, 0.15) is 37.2 Å². The van der Waals surface area contributed by atoms with E-state index in [0.29, 0.717) is 12.0 Å². The number of rotatable bonds is 1. The molecule has 0 radical (unpaired) electrons. The molecule has 2 rings (SSSR count). The third-order valence-electron chi connectivity index (χ3n) is 3.10. The zero-order chi connectivity index (χ0) is 9.97. The molecule has 0 aliphatic heterocycles. The number of benzene rings is 1. The van der Waals surface area contributed by atoms with Crippen molar-refractivity contribution in [3.63, 3.8) is 0 Å². The molecule has 1 aliphatic rings. The van der Waals surface area contributed by atoms with E-state index in [9.17, 15) is 0 Å². The maximum atomic E-state index is 6.15. The number of hydrogen-bond donors (Lipinski definition) is 1. The van der Waals surface area contributed by atoms with Crippen molar-refractivity contribution in [1.29, 1.82) is 0 Å². The molecule has 14 heavy (non-hydrogen) atoms. The zero-order valence-corrected chi connectivity index (χ0v) is 9.83. The second-order valence-electron chi connectivity index (χ2n) is 4.11. The first-order valence-corrected chi connectivity index (χ1v) is 6.08. The van der Waals surface area contributed by atoms with Gasteiger partial charge in [0, 0.05) is 10.5 Å². The van der Waals surface area contributed by atoms with Gasteiger partial charge in [0.1, 0.15) is 0 Å². The SMILES string of the molecule is N[C@@H]1CCCC[C@@H]1c1cccc(Br)c1. The van der Waals surface area contributed by atoms with Crippen LogP contribution in [0.4, 0.5) is 0 Å². The molecule has 1 nitrogen and oxygen atoms in total. The Balaban J connectivity index is 2.20. The Morgan fingerprint density at radius 2 is 2.00 bits per heavy atom. The van der Waals surface area contributed by atoms with E-state index in [2.05, 4.69) is 40.2 Å². The molecule has 1 aromatic rings. The lowest BCUT2D eigenvalue weighted by atomic mass is 9.80. The second kappa shape index (κ2) is 4.45. The van der Waals surface area contributed by atoms with Gasteiger partial charge < -0.3 is 5.73 Å². The summed E-state index contributed by atoms with van der Waals surface area (Å²) in [5.74, 6) is 0.571. The summed E-state index contributed by atoms with van der Waals surface area (Å²) in [6.07, 6.45) is 5.05. The van der Waals surface area contributed by atoms with Gasteiger partial charge in [0.05, 0.1) is 0 Å². The first-order valence-electron chi connectivity index (χ1n) is 5.28. The molecule has 1 fully saturated rings. The molecule has 0 unspecified atom stereocenters. The van der Waals surface area contributed by atoms with Crippen LogP contribution in [0.3, 0.4) is 0 Å². The largest absolute Gasteiger partial charge is 0.327 e. The summed E-state index contributed by atoms with van der Waals surface area (Å²) in [6.45, 7) is 0. The van der Waals surface area contributed by atoms with Crippen LogP contribution in [0.15, 0.2) is 28.7 Å². The second-order valence-corrected chi connectivity index (χ2v) is 5.03. The first-order chi connectivity index (χ1) is 6.77. The summed E-state index contributed by atoms with van der Waals surface area (Å²) in [6, 6.07) is 8.92. The highest BCUT2D eigenvalue weighted by Gasteiger charge is 2.23. The van der Waals surface area contributed by atoms with Gasteiger partial charge in [-0.15, -0.1) is 0 Å². The van der Waals surface area contributed by atoms with Crippen LogP contribution in [-0.4, -0.2) is 6.04 Å². The van der Waals surface area contributed by atoms with Gasteiger partial charge in [0.15, 0.2) is 0 Å². The zero-order valence-electron chi connectivity index (χ0n) is 8.25. The number of halogens is 1. The van der Waals surface area contributed by atoms with Crippen LogP contribution in [0.2, 0.25) is 0 Å². The van der Waals surface area contributed by atoms with E-state index in [-0.39, 0.29) is 0 Å². The van der Waals surface area contributed by atoms with Crippen LogP contribution in [0.5, 0.6) is 0 Å². The van der Waals surface area contributed by atoms with Gasteiger partial charge in [0.2, 0.25) is 0 Å². The quantitative estimate of drug-likeness (QED) is 0.816. The fourth-order valence-electron chi connectivity index (χ4n) is 2.31. The minimum atomic E-state index is 0.359. The normalized spacial score (nSPS) is 27.6. The highest BCUT2D eigenvalue weighted by molar-refractivity contribution is 9.10. The van der Waals surface area contributed by atoms with Crippen LogP contribution < -0.4 is 5.73 Å². The lowest BCUT2D eigenvalue weighted by Crippen LogP contribution is -2.31. The van der Waals surface area contributed by atoms with Gasteiger partial charge in [0.25, 0.3) is 0 Å². The lowest BCUT2D eigenvalue weighted by Gasteiger charge is -2.29. The van der Waals surface area contributed by atoms with Crippen LogP contribution >= 0.6 is 15.9 Å². The van der Waals surface area contributed by atoms with E-state index in [0.717, 1.165) is 4.47 Å². The van der Waals surface area contributed by atoms with Gasteiger partial charge in [-0.3, -0.25) is 0 Å². The summed E-state index contributed by atoms with van der Waals surface area (Å²) < 4.78 is 1.16. The van der Waals surface area contributed by atoms with E-state index >= 15 is 0 Å². The van der Waals surface area contributed by atoms with Gasteiger partial charge in [-0.2, -0.15) is 0 Å². The molecule has 0 saturated heterocycles. The summed E-state index contributed by atoms with van der Waals surface area (Å²) in [7, 11) is 0. The third-order valence-corrected chi connectivity index (χ3v) is 3.59. The first kappa shape index (κ1) is 10.2. The molecular formula is C12H16BrN. The van der Waals surface area contributed by atoms with Crippen LogP contribution in [0.25, 0.3) is 0 Å². The summed E-state index contributed by atoms with van der Waals surface area (Å²) >= 11 is 3.51. The summed E-state index contributed by atoms with van der Waals surface area (Å²) in [4.78, 5) is 0. The van der Waals surface area contributed by atoms with Gasteiger partial charge >= 0.3 is 0 Å². The molecule has 1 saturated carbocycles. The van der Waals surface area contributed by atoms with E-state index in [1.807, 2.05) is 0 Å². The fourth-order valence-corrected chi connectivity index (χ4v) is 2.73. The maximum absolute atomic E-state index is 6.15. The maximum Gasteiger partial charge on any atom is 0.0178 e. The van der Waals surface area contributed by atoms with Crippen LogP contribution in [0, 0.1) is 0 Å². The molecule has 1 aliphatic carbocycles. The molecule has 0 heterocycles. The topological polar surface area (TPSA) is 26.0 Å². The van der Waals surface area contributed by atoms with Crippen LogP contribution in [-0.2, 0) is 0 Å². The lowest BCUT2D eigenvalue weighted by molar-refractivity contribution is 0.385. The van der Waals surface area contributed by atoms with E-state index in [4.69, 9.17) is 5.73 Å². The molecule has 2 heteroatoms. The van der Waals surface area contributed by atoms with E-state index < -0.39 is 0 Å². The molecule has 0 amide bonds. The molecule has 1 aromatic carbocycles. The molecule has 0 aromatic heterocycles. The van der Waals surface area contributed by atoms with Crippen molar-refractivity contribution in [2.75, 3.05) is 0 Å². The Morgan fingerprint density at radius 1 is 1.21 bits per heavy atom. The highest BCUT2D eigenvalue weighted by Crippen LogP contribution is 2.32. The molecule has 2 N–H and O–H groups in total. The minimum Gasteiger partial charge on any atom is -0.327 e. The Labute approximate surface area is 93.8 Å². The average molecular weight is 254 g/mol. The van der Waals surface area contributed by atoms with E-state index in [1.165, 1.54) is 31.2 Å². The smallest absolute Gasteiger partial charge is 0.0178 e. The average Bonchev–Trinajstić information content (AvgIpc) is 2.18. The van der Waals surface area contributed by atoms with Crippen molar-refractivity contribution in [2.24, 2.45) is 5.73 Å². The standard InChI is InChI=1S/C12H16BrN/c13-10-5-3-4-9(8-10)11-6-1-2-7-12(11)14/h3-5,8,11-12H,1-2,6-7,14H2/t11-,12-/m1/s1. The van der Waals surface area contributed by atoms with Gasteiger partial charge in [-0.1, -0.05) is 40.9 Å². The molecule has 2 atom stereocenters. The third kappa shape index (κ3) is 2.18. The monoisotopic (exact) mass is 253 g/mol. The number of nitrogens with two attached hydrogens (primary N) is 1. The van der Waals surface area contributed by atoms with E-state index in [1.54, 1.807) is 0 Å². The van der Waals surface area contributed by atoms with Crippen molar-refractivity contribution in [3.8, 4) is 0 Å². The number of hydrogen-bond acceptors (Lipinski definition) is 1. The van der Waals surface area contributed by atoms with Gasteiger partial charge in [-0.05, 0) is 36.5 Å². The Bertz CT molecular complexity index is 311. The predicted octanol–water partition coefficient (Wildman–Crippen LogP) is 3.43. The minimum absolute atomic E-state index is 0.359. The molecule has 76 valence electrons. The molecular weight excluding hydrogens is 238 g/mol.